The lowest BCUT2D eigenvalue weighted by atomic mass is 9.89. The monoisotopic (exact) mass is 414 g/mol. The SMILES string of the molecule is COc1cccc(OC)c1C(=O)OCc1nc2sc3c(c2c(=O)[nH]1)CC[C@@H](C)C3. The third-order valence-electron chi connectivity index (χ3n) is 5.19. The predicted molar refractivity (Wildman–Crippen MR) is 110 cm³/mol. The average molecular weight is 414 g/mol. The highest BCUT2D eigenvalue weighted by Crippen LogP contribution is 2.35. The van der Waals surface area contributed by atoms with Crippen molar-refractivity contribution in [1.82, 2.24) is 9.97 Å². The molecular formula is C21H22N2O5S. The van der Waals surface area contributed by atoms with Gasteiger partial charge in [0, 0.05) is 4.88 Å². The fourth-order valence-corrected chi connectivity index (χ4v) is 5.12. The van der Waals surface area contributed by atoms with Crippen LogP contribution in [0, 0.1) is 5.92 Å². The molecule has 0 aliphatic heterocycles. The molecular weight excluding hydrogens is 392 g/mol. The Morgan fingerprint density at radius 1 is 1.28 bits per heavy atom. The van der Waals surface area contributed by atoms with Crippen molar-refractivity contribution in [2.45, 2.75) is 32.8 Å². The molecule has 4 rings (SSSR count). The number of rotatable bonds is 5. The van der Waals surface area contributed by atoms with Crippen LogP contribution in [-0.4, -0.2) is 30.2 Å². The van der Waals surface area contributed by atoms with Gasteiger partial charge in [0.05, 0.1) is 19.6 Å². The Kier molecular flexibility index (Phi) is 5.27. The van der Waals surface area contributed by atoms with Crippen LogP contribution in [0.1, 0.15) is 40.0 Å². The minimum Gasteiger partial charge on any atom is -0.496 e. The molecule has 0 radical (unpaired) electrons. The number of aryl methyl sites for hydroxylation is 1. The van der Waals surface area contributed by atoms with E-state index in [2.05, 4.69) is 16.9 Å². The fraction of sp³-hybridized carbons (Fsp3) is 0.381. The first-order valence-electron chi connectivity index (χ1n) is 9.43. The van der Waals surface area contributed by atoms with Gasteiger partial charge in [-0.25, -0.2) is 9.78 Å². The number of fused-ring (bicyclic) bond motifs is 3. The van der Waals surface area contributed by atoms with E-state index in [1.54, 1.807) is 29.5 Å². The lowest BCUT2D eigenvalue weighted by molar-refractivity contribution is 0.0455. The summed E-state index contributed by atoms with van der Waals surface area (Å²) < 4.78 is 15.9. The van der Waals surface area contributed by atoms with E-state index < -0.39 is 5.97 Å². The molecule has 1 aromatic carbocycles. The van der Waals surface area contributed by atoms with Gasteiger partial charge in [0.1, 0.15) is 34.3 Å². The van der Waals surface area contributed by atoms with E-state index in [-0.39, 0.29) is 17.7 Å². The zero-order chi connectivity index (χ0) is 20.5. The van der Waals surface area contributed by atoms with Crippen LogP contribution >= 0.6 is 11.3 Å². The van der Waals surface area contributed by atoms with E-state index in [1.165, 1.54) is 19.1 Å². The molecule has 3 aromatic rings. The summed E-state index contributed by atoms with van der Waals surface area (Å²) in [6, 6.07) is 5.03. The predicted octanol–water partition coefficient (Wildman–Crippen LogP) is 3.48. The largest absolute Gasteiger partial charge is 0.496 e. The van der Waals surface area contributed by atoms with E-state index in [0.29, 0.717) is 33.5 Å². The number of carbonyl (C=O) groups excluding carboxylic acids is 1. The van der Waals surface area contributed by atoms with Gasteiger partial charge in [-0.1, -0.05) is 13.0 Å². The lowest BCUT2D eigenvalue weighted by Gasteiger charge is -2.17. The normalized spacial score (nSPS) is 15.8. The van der Waals surface area contributed by atoms with Gasteiger partial charge in [0.25, 0.3) is 5.56 Å². The van der Waals surface area contributed by atoms with E-state index in [0.717, 1.165) is 24.8 Å². The van der Waals surface area contributed by atoms with Crippen LogP contribution < -0.4 is 15.0 Å². The number of methoxy groups -OCH3 is 2. The van der Waals surface area contributed by atoms with E-state index in [9.17, 15) is 9.59 Å². The summed E-state index contributed by atoms with van der Waals surface area (Å²) in [6.45, 7) is 2.08. The van der Waals surface area contributed by atoms with Crippen molar-refractivity contribution in [2.24, 2.45) is 5.92 Å². The smallest absolute Gasteiger partial charge is 0.346 e. The Morgan fingerprint density at radius 3 is 2.69 bits per heavy atom. The number of aromatic nitrogens is 2. The lowest BCUT2D eigenvalue weighted by Crippen LogP contribution is -2.16. The van der Waals surface area contributed by atoms with E-state index >= 15 is 0 Å². The molecule has 7 nitrogen and oxygen atoms in total. The van der Waals surface area contributed by atoms with E-state index in [1.807, 2.05) is 0 Å². The molecule has 2 aromatic heterocycles. The van der Waals surface area contributed by atoms with Crippen LogP contribution in [0.3, 0.4) is 0 Å². The fourth-order valence-electron chi connectivity index (χ4n) is 3.72. The molecule has 0 spiro atoms. The molecule has 0 fully saturated rings. The van der Waals surface area contributed by atoms with Crippen molar-refractivity contribution in [3.05, 3.63) is 50.4 Å². The van der Waals surface area contributed by atoms with Crippen molar-refractivity contribution in [3.8, 4) is 11.5 Å². The number of H-pyrrole nitrogens is 1. The maximum absolute atomic E-state index is 12.7. The van der Waals surface area contributed by atoms with Gasteiger partial charge in [-0.05, 0) is 42.9 Å². The summed E-state index contributed by atoms with van der Waals surface area (Å²) in [5, 5.41) is 0.679. The Labute approximate surface area is 171 Å². The Balaban J connectivity index is 1.60. The Hall–Kier alpha value is -2.87. The number of nitrogens with one attached hydrogen (secondary N) is 1. The molecule has 152 valence electrons. The molecule has 2 heterocycles. The van der Waals surface area contributed by atoms with Gasteiger partial charge < -0.3 is 19.2 Å². The first-order valence-corrected chi connectivity index (χ1v) is 10.2. The van der Waals surface area contributed by atoms with Gasteiger partial charge in [0.15, 0.2) is 0 Å². The highest BCUT2D eigenvalue weighted by atomic mass is 32.1. The van der Waals surface area contributed by atoms with Crippen molar-refractivity contribution in [1.29, 1.82) is 0 Å². The highest BCUT2D eigenvalue weighted by molar-refractivity contribution is 7.18. The number of benzene rings is 1. The van der Waals surface area contributed by atoms with Gasteiger partial charge in [-0.3, -0.25) is 4.79 Å². The molecule has 1 aliphatic carbocycles. The first-order chi connectivity index (χ1) is 14.0. The minimum atomic E-state index is -0.610. The van der Waals surface area contributed by atoms with Gasteiger partial charge in [-0.2, -0.15) is 0 Å². The molecule has 29 heavy (non-hydrogen) atoms. The van der Waals surface area contributed by atoms with Crippen LogP contribution in [-0.2, 0) is 24.2 Å². The topological polar surface area (TPSA) is 90.5 Å². The van der Waals surface area contributed by atoms with Gasteiger partial charge >= 0.3 is 5.97 Å². The summed E-state index contributed by atoms with van der Waals surface area (Å²) >= 11 is 1.56. The highest BCUT2D eigenvalue weighted by Gasteiger charge is 2.24. The van der Waals surface area contributed by atoms with Crippen LogP contribution in [0.4, 0.5) is 0 Å². The molecule has 1 atom stereocenters. The third kappa shape index (κ3) is 3.60. The zero-order valence-electron chi connectivity index (χ0n) is 16.5. The quantitative estimate of drug-likeness (QED) is 0.643. The number of esters is 1. The second-order valence-electron chi connectivity index (χ2n) is 7.16. The van der Waals surface area contributed by atoms with Crippen LogP contribution in [0.25, 0.3) is 10.2 Å². The first kappa shape index (κ1) is 19.4. The van der Waals surface area contributed by atoms with Crippen molar-refractivity contribution >= 4 is 27.5 Å². The summed E-state index contributed by atoms with van der Waals surface area (Å²) in [4.78, 5) is 34.5. The molecule has 0 bridgehead atoms. The molecule has 1 N–H and O–H groups in total. The van der Waals surface area contributed by atoms with Crippen molar-refractivity contribution in [3.63, 3.8) is 0 Å². The number of carbonyl (C=O) groups is 1. The minimum absolute atomic E-state index is 0.149. The standard InChI is InChI=1S/C21H22N2O5S/c1-11-7-8-12-15(9-11)29-20-17(12)19(24)22-16(23-20)10-28-21(25)18-13(26-2)5-4-6-14(18)27-3/h4-6,11H,7-10H2,1-3H3,(H,22,23,24)/t11-/m1/s1. The number of ether oxygens (including phenoxy) is 3. The van der Waals surface area contributed by atoms with Gasteiger partial charge in [0.2, 0.25) is 0 Å². The summed E-state index contributed by atoms with van der Waals surface area (Å²) in [5.41, 5.74) is 1.14. The maximum Gasteiger partial charge on any atom is 0.346 e. The van der Waals surface area contributed by atoms with Gasteiger partial charge in [-0.15, -0.1) is 11.3 Å². The summed E-state index contributed by atoms with van der Waals surface area (Å²) in [6.07, 6.45) is 2.97. The van der Waals surface area contributed by atoms with Crippen molar-refractivity contribution < 1.29 is 19.0 Å². The second kappa shape index (κ2) is 7.87. The maximum atomic E-state index is 12.7. The Bertz CT molecular complexity index is 1110. The molecule has 0 unspecified atom stereocenters. The Morgan fingerprint density at radius 2 is 2.00 bits per heavy atom. The van der Waals surface area contributed by atoms with Crippen LogP contribution in [0.15, 0.2) is 23.0 Å². The molecule has 1 aliphatic rings. The number of hydrogen-bond donors (Lipinski definition) is 1. The number of aromatic amines is 1. The molecule has 0 saturated carbocycles. The number of nitrogens with zero attached hydrogens (tertiary/aromatic N) is 1. The molecule has 8 heteroatoms. The van der Waals surface area contributed by atoms with Crippen LogP contribution in [0.5, 0.6) is 11.5 Å². The summed E-state index contributed by atoms with van der Waals surface area (Å²) in [5.74, 6) is 1.03. The van der Waals surface area contributed by atoms with Crippen molar-refractivity contribution in [2.75, 3.05) is 14.2 Å². The zero-order valence-corrected chi connectivity index (χ0v) is 17.4. The van der Waals surface area contributed by atoms with E-state index in [4.69, 9.17) is 14.2 Å². The number of hydrogen-bond acceptors (Lipinski definition) is 7. The number of thiophene rings is 1. The molecule has 0 saturated heterocycles. The second-order valence-corrected chi connectivity index (χ2v) is 8.24. The molecule has 0 amide bonds. The average Bonchev–Trinajstić information content (AvgIpc) is 3.08. The summed E-state index contributed by atoms with van der Waals surface area (Å²) in [7, 11) is 2.94. The third-order valence-corrected chi connectivity index (χ3v) is 6.33. The van der Waals surface area contributed by atoms with Crippen LogP contribution in [0.2, 0.25) is 0 Å².